The van der Waals surface area contributed by atoms with E-state index in [1.54, 1.807) is 0 Å². The van der Waals surface area contributed by atoms with E-state index in [1.165, 1.54) is 5.56 Å². The summed E-state index contributed by atoms with van der Waals surface area (Å²) in [5.74, 6) is 2.59. The fourth-order valence-corrected chi connectivity index (χ4v) is 1.03. The standard InChI is InChI=1S/C11H13N/c1-3-4-8-12-11-7-5-6-10(2)9-11/h1,5-7,9,12H,4,8H2,2H3. The molecule has 0 fully saturated rings. The van der Waals surface area contributed by atoms with Crippen molar-refractivity contribution >= 4 is 5.69 Å². The summed E-state index contributed by atoms with van der Waals surface area (Å²) in [5.41, 5.74) is 2.41. The van der Waals surface area contributed by atoms with Crippen molar-refractivity contribution in [2.24, 2.45) is 0 Å². The largest absolute Gasteiger partial charge is 0.384 e. The highest BCUT2D eigenvalue weighted by atomic mass is 14.9. The van der Waals surface area contributed by atoms with Crippen molar-refractivity contribution in [2.75, 3.05) is 11.9 Å². The van der Waals surface area contributed by atoms with Crippen LogP contribution in [0.5, 0.6) is 0 Å². The summed E-state index contributed by atoms with van der Waals surface area (Å²) in [4.78, 5) is 0. The highest BCUT2D eigenvalue weighted by molar-refractivity contribution is 5.45. The van der Waals surface area contributed by atoms with Crippen LogP contribution in [0.3, 0.4) is 0 Å². The van der Waals surface area contributed by atoms with Crippen LogP contribution < -0.4 is 5.32 Å². The SMILES string of the molecule is C#CCCNc1cccc(C)c1. The number of benzene rings is 1. The lowest BCUT2D eigenvalue weighted by atomic mass is 10.2. The Morgan fingerprint density at radius 3 is 3.00 bits per heavy atom. The van der Waals surface area contributed by atoms with E-state index in [4.69, 9.17) is 6.42 Å². The minimum Gasteiger partial charge on any atom is -0.384 e. The maximum absolute atomic E-state index is 5.13. The Bertz CT molecular complexity index is 283. The molecule has 0 amide bonds. The van der Waals surface area contributed by atoms with Gasteiger partial charge in [0.2, 0.25) is 0 Å². The molecule has 1 nitrogen and oxygen atoms in total. The highest BCUT2D eigenvalue weighted by Crippen LogP contribution is 2.08. The van der Waals surface area contributed by atoms with Crippen molar-refractivity contribution in [3.8, 4) is 12.3 Å². The third-order valence-corrected chi connectivity index (χ3v) is 1.62. The Morgan fingerprint density at radius 2 is 2.33 bits per heavy atom. The van der Waals surface area contributed by atoms with Crippen LogP contribution in [0, 0.1) is 19.3 Å². The molecule has 0 saturated heterocycles. The van der Waals surface area contributed by atoms with Crippen molar-refractivity contribution in [1.82, 2.24) is 0 Å². The van der Waals surface area contributed by atoms with Gasteiger partial charge in [-0.3, -0.25) is 0 Å². The summed E-state index contributed by atoms with van der Waals surface area (Å²) in [6.07, 6.45) is 5.90. The van der Waals surface area contributed by atoms with E-state index in [1.807, 2.05) is 12.1 Å². The van der Waals surface area contributed by atoms with Gasteiger partial charge in [0.15, 0.2) is 0 Å². The Hall–Kier alpha value is -1.42. The van der Waals surface area contributed by atoms with E-state index >= 15 is 0 Å². The van der Waals surface area contributed by atoms with Crippen molar-refractivity contribution in [3.05, 3.63) is 29.8 Å². The Kier molecular flexibility index (Phi) is 3.22. The zero-order valence-electron chi connectivity index (χ0n) is 7.30. The molecular weight excluding hydrogens is 146 g/mol. The molecule has 0 saturated carbocycles. The molecule has 0 heterocycles. The summed E-state index contributed by atoms with van der Waals surface area (Å²) in [6.45, 7) is 2.92. The van der Waals surface area contributed by atoms with E-state index in [0.29, 0.717) is 0 Å². The van der Waals surface area contributed by atoms with Crippen LogP contribution in [0.2, 0.25) is 0 Å². The summed E-state index contributed by atoms with van der Waals surface area (Å²) in [7, 11) is 0. The van der Waals surface area contributed by atoms with E-state index in [0.717, 1.165) is 18.7 Å². The molecular formula is C11H13N. The first-order valence-electron chi connectivity index (χ1n) is 4.07. The number of anilines is 1. The molecule has 0 aromatic heterocycles. The Balaban J connectivity index is 2.48. The summed E-state index contributed by atoms with van der Waals surface area (Å²) < 4.78 is 0. The van der Waals surface area contributed by atoms with Crippen LogP contribution >= 0.6 is 0 Å². The van der Waals surface area contributed by atoms with Crippen LogP contribution in [0.1, 0.15) is 12.0 Å². The molecule has 1 aromatic rings. The molecule has 62 valence electrons. The number of rotatable bonds is 3. The first kappa shape index (κ1) is 8.67. The smallest absolute Gasteiger partial charge is 0.0343 e. The molecule has 12 heavy (non-hydrogen) atoms. The van der Waals surface area contributed by atoms with Crippen LogP contribution in [-0.2, 0) is 0 Å². The van der Waals surface area contributed by atoms with Gasteiger partial charge in [-0.05, 0) is 24.6 Å². The molecule has 0 atom stereocenters. The van der Waals surface area contributed by atoms with E-state index < -0.39 is 0 Å². The highest BCUT2D eigenvalue weighted by Gasteiger charge is 1.89. The molecule has 0 aliphatic heterocycles. The van der Waals surface area contributed by atoms with Crippen LogP contribution in [-0.4, -0.2) is 6.54 Å². The van der Waals surface area contributed by atoms with Gasteiger partial charge >= 0.3 is 0 Å². The minimum absolute atomic E-state index is 0.772. The number of aryl methyl sites for hydroxylation is 1. The molecule has 1 rings (SSSR count). The van der Waals surface area contributed by atoms with Gasteiger partial charge in [-0.15, -0.1) is 12.3 Å². The van der Waals surface area contributed by atoms with Crippen molar-refractivity contribution < 1.29 is 0 Å². The predicted octanol–water partition coefficient (Wildman–Crippen LogP) is 2.43. The maximum atomic E-state index is 5.13. The average Bonchev–Trinajstić information content (AvgIpc) is 2.05. The van der Waals surface area contributed by atoms with Crippen molar-refractivity contribution in [2.45, 2.75) is 13.3 Å². The summed E-state index contributed by atoms with van der Waals surface area (Å²) in [5, 5.41) is 3.24. The van der Waals surface area contributed by atoms with Crippen LogP contribution in [0.25, 0.3) is 0 Å². The van der Waals surface area contributed by atoms with E-state index in [9.17, 15) is 0 Å². The maximum Gasteiger partial charge on any atom is 0.0343 e. The van der Waals surface area contributed by atoms with Gasteiger partial charge in [0.25, 0.3) is 0 Å². The van der Waals surface area contributed by atoms with Gasteiger partial charge < -0.3 is 5.32 Å². The predicted molar refractivity (Wildman–Crippen MR) is 53.1 cm³/mol. The molecule has 1 aromatic carbocycles. The van der Waals surface area contributed by atoms with Crippen molar-refractivity contribution in [1.29, 1.82) is 0 Å². The molecule has 1 heteroatoms. The average molecular weight is 159 g/mol. The first-order chi connectivity index (χ1) is 5.83. The van der Waals surface area contributed by atoms with Gasteiger partial charge in [0.05, 0.1) is 0 Å². The van der Waals surface area contributed by atoms with Gasteiger partial charge in [-0.25, -0.2) is 0 Å². The minimum atomic E-state index is 0.772. The first-order valence-corrected chi connectivity index (χ1v) is 4.07. The number of hydrogen-bond acceptors (Lipinski definition) is 1. The topological polar surface area (TPSA) is 12.0 Å². The fraction of sp³-hybridized carbons (Fsp3) is 0.273. The van der Waals surface area contributed by atoms with E-state index in [-0.39, 0.29) is 0 Å². The quantitative estimate of drug-likeness (QED) is 0.527. The second-order valence-corrected chi connectivity index (χ2v) is 2.75. The summed E-state index contributed by atoms with van der Waals surface area (Å²) >= 11 is 0. The van der Waals surface area contributed by atoms with Crippen molar-refractivity contribution in [3.63, 3.8) is 0 Å². The Morgan fingerprint density at radius 1 is 1.50 bits per heavy atom. The van der Waals surface area contributed by atoms with E-state index in [2.05, 4.69) is 30.3 Å². The number of terminal acetylenes is 1. The third-order valence-electron chi connectivity index (χ3n) is 1.62. The number of hydrogen-bond donors (Lipinski definition) is 1. The monoisotopic (exact) mass is 159 g/mol. The zero-order chi connectivity index (χ0) is 8.81. The lowest BCUT2D eigenvalue weighted by Gasteiger charge is -2.03. The second kappa shape index (κ2) is 4.46. The molecule has 0 radical (unpaired) electrons. The summed E-state index contributed by atoms with van der Waals surface area (Å²) in [6, 6.07) is 8.26. The molecule has 0 aliphatic carbocycles. The number of nitrogens with one attached hydrogen (secondary N) is 1. The molecule has 1 N–H and O–H groups in total. The van der Waals surface area contributed by atoms with Gasteiger partial charge in [0.1, 0.15) is 0 Å². The van der Waals surface area contributed by atoms with Gasteiger partial charge in [-0.2, -0.15) is 0 Å². The van der Waals surface area contributed by atoms with Crippen LogP contribution in [0.15, 0.2) is 24.3 Å². The third kappa shape index (κ3) is 2.67. The molecule has 0 bridgehead atoms. The van der Waals surface area contributed by atoms with Crippen LogP contribution in [0.4, 0.5) is 5.69 Å². The molecule has 0 spiro atoms. The Labute approximate surface area is 73.8 Å². The zero-order valence-corrected chi connectivity index (χ0v) is 7.30. The lowest BCUT2D eigenvalue weighted by molar-refractivity contribution is 1.10. The molecule has 0 unspecified atom stereocenters. The normalized spacial score (nSPS) is 9.00. The second-order valence-electron chi connectivity index (χ2n) is 2.75. The lowest BCUT2D eigenvalue weighted by Crippen LogP contribution is -1.99. The molecule has 0 aliphatic rings. The fourth-order valence-electron chi connectivity index (χ4n) is 1.03. The van der Waals surface area contributed by atoms with Gasteiger partial charge in [0, 0.05) is 18.7 Å². The van der Waals surface area contributed by atoms with Gasteiger partial charge in [-0.1, -0.05) is 12.1 Å².